The van der Waals surface area contributed by atoms with Crippen LogP contribution >= 0.6 is 11.6 Å². The molecule has 0 aliphatic rings. The van der Waals surface area contributed by atoms with Gasteiger partial charge in [-0.15, -0.1) is 0 Å². The number of hydrogen-bond donors (Lipinski definition) is 0. The quantitative estimate of drug-likeness (QED) is 0.805. The zero-order valence-corrected chi connectivity index (χ0v) is 10.5. The molecule has 0 radical (unpaired) electrons. The van der Waals surface area contributed by atoms with Crippen molar-refractivity contribution in [2.45, 2.75) is 0 Å². The predicted molar refractivity (Wildman–Crippen MR) is 65.3 cm³/mol. The Hall–Kier alpha value is -1.33. The number of carbonyl (C=O) groups excluding carboxylic acids is 1. The van der Waals surface area contributed by atoms with Gasteiger partial charge in [0.1, 0.15) is 11.3 Å². The third-order valence-electron chi connectivity index (χ3n) is 2.15. The Morgan fingerprint density at radius 1 is 1.35 bits per heavy atom. The molecular formula is C11H9ClO4S. The van der Waals surface area contributed by atoms with Gasteiger partial charge in [0.05, 0.1) is 0 Å². The van der Waals surface area contributed by atoms with Crippen molar-refractivity contribution < 1.29 is 17.6 Å². The van der Waals surface area contributed by atoms with Crippen molar-refractivity contribution in [3.63, 3.8) is 0 Å². The molecule has 0 aliphatic heterocycles. The number of fused-ring (bicyclic) bond motifs is 1. The summed E-state index contributed by atoms with van der Waals surface area (Å²) in [4.78, 5) is 11.6. The van der Waals surface area contributed by atoms with Crippen LogP contribution in [0.3, 0.4) is 0 Å². The van der Waals surface area contributed by atoms with Gasteiger partial charge < -0.3 is 4.42 Å². The van der Waals surface area contributed by atoms with E-state index in [9.17, 15) is 13.2 Å². The Kier molecular flexibility index (Phi) is 2.97. The third kappa shape index (κ3) is 2.87. The summed E-state index contributed by atoms with van der Waals surface area (Å²) in [6.07, 6.45) is 1.00. The van der Waals surface area contributed by atoms with E-state index < -0.39 is 21.4 Å². The molecule has 1 aromatic heterocycles. The van der Waals surface area contributed by atoms with Crippen molar-refractivity contribution >= 4 is 38.2 Å². The van der Waals surface area contributed by atoms with Crippen LogP contribution in [-0.2, 0) is 9.84 Å². The monoisotopic (exact) mass is 272 g/mol. The van der Waals surface area contributed by atoms with E-state index in [0.29, 0.717) is 16.0 Å². The number of halogens is 1. The van der Waals surface area contributed by atoms with Crippen LogP contribution in [0.5, 0.6) is 0 Å². The topological polar surface area (TPSA) is 64.3 Å². The van der Waals surface area contributed by atoms with Crippen LogP contribution in [0.2, 0.25) is 5.02 Å². The summed E-state index contributed by atoms with van der Waals surface area (Å²) in [6.45, 7) is 0. The molecule has 4 nitrogen and oxygen atoms in total. The first-order valence-electron chi connectivity index (χ1n) is 4.75. The van der Waals surface area contributed by atoms with Gasteiger partial charge in [-0.2, -0.15) is 0 Å². The molecule has 1 heterocycles. The summed E-state index contributed by atoms with van der Waals surface area (Å²) >= 11 is 5.79. The van der Waals surface area contributed by atoms with Gasteiger partial charge in [-0.25, -0.2) is 8.42 Å². The molecule has 0 fully saturated rings. The lowest BCUT2D eigenvalue weighted by molar-refractivity contribution is 0.0993. The maximum absolute atomic E-state index is 11.6. The molecule has 0 unspecified atom stereocenters. The molecule has 0 spiro atoms. The minimum Gasteiger partial charge on any atom is -0.453 e. The fourth-order valence-electron chi connectivity index (χ4n) is 1.46. The maximum Gasteiger partial charge on any atom is 0.212 e. The Labute approximate surface area is 103 Å². The average Bonchev–Trinajstić information content (AvgIpc) is 2.57. The van der Waals surface area contributed by atoms with Crippen LogP contribution in [0.1, 0.15) is 10.6 Å². The lowest BCUT2D eigenvalue weighted by atomic mass is 10.2. The van der Waals surface area contributed by atoms with Gasteiger partial charge in [0.15, 0.2) is 15.6 Å². The summed E-state index contributed by atoms with van der Waals surface area (Å²) in [5.74, 6) is -1.08. The molecule has 2 rings (SSSR count). The first kappa shape index (κ1) is 12.1. The van der Waals surface area contributed by atoms with Crippen LogP contribution < -0.4 is 0 Å². The van der Waals surface area contributed by atoms with Crippen LogP contribution in [0, 0.1) is 0 Å². The average molecular weight is 273 g/mol. The van der Waals surface area contributed by atoms with Crippen molar-refractivity contribution in [3.8, 4) is 0 Å². The van der Waals surface area contributed by atoms with Gasteiger partial charge in [-0.3, -0.25) is 4.79 Å². The number of ketones is 1. The zero-order chi connectivity index (χ0) is 12.6. The summed E-state index contributed by atoms with van der Waals surface area (Å²) in [7, 11) is -3.35. The number of hydrogen-bond acceptors (Lipinski definition) is 4. The van der Waals surface area contributed by atoms with Crippen molar-refractivity contribution in [1.29, 1.82) is 0 Å². The van der Waals surface area contributed by atoms with Crippen LogP contribution in [-0.4, -0.2) is 26.2 Å². The van der Waals surface area contributed by atoms with Gasteiger partial charge in [0.2, 0.25) is 5.78 Å². The number of furan rings is 1. The maximum atomic E-state index is 11.6. The van der Waals surface area contributed by atoms with Crippen molar-refractivity contribution in [3.05, 3.63) is 35.0 Å². The first-order valence-corrected chi connectivity index (χ1v) is 7.19. The molecular weight excluding hydrogens is 264 g/mol. The van der Waals surface area contributed by atoms with E-state index in [1.54, 1.807) is 18.2 Å². The highest BCUT2D eigenvalue weighted by molar-refractivity contribution is 7.91. The molecule has 1 aromatic carbocycles. The molecule has 0 saturated carbocycles. The summed E-state index contributed by atoms with van der Waals surface area (Å²) < 4.78 is 27.3. The molecule has 17 heavy (non-hydrogen) atoms. The SMILES string of the molecule is CS(=O)(=O)CC(=O)c1cc2cc(Cl)ccc2o1. The number of rotatable bonds is 3. The molecule has 0 saturated heterocycles. The van der Waals surface area contributed by atoms with Gasteiger partial charge in [0.25, 0.3) is 0 Å². The van der Waals surface area contributed by atoms with E-state index in [-0.39, 0.29) is 5.76 Å². The molecule has 0 aliphatic carbocycles. The van der Waals surface area contributed by atoms with Gasteiger partial charge in [0, 0.05) is 16.7 Å². The summed E-state index contributed by atoms with van der Waals surface area (Å²) in [5, 5.41) is 1.20. The molecule has 0 bridgehead atoms. The fourth-order valence-corrected chi connectivity index (χ4v) is 2.26. The second kappa shape index (κ2) is 4.16. The van der Waals surface area contributed by atoms with Crippen molar-refractivity contribution in [2.75, 3.05) is 12.0 Å². The highest BCUT2D eigenvalue weighted by Crippen LogP contribution is 2.23. The zero-order valence-electron chi connectivity index (χ0n) is 8.94. The normalized spacial score (nSPS) is 11.9. The van der Waals surface area contributed by atoms with Crippen LogP contribution in [0.15, 0.2) is 28.7 Å². The van der Waals surface area contributed by atoms with Crippen molar-refractivity contribution in [2.24, 2.45) is 0 Å². The van der Waals surface area contributed by atoms with Crippen LogP contribution in [0.4, 0.5) is 0 Å². The Morgan fingerprint density at radius 3 is 2.71 bits per heavy atom. The van der Waals surface area contributed by atoms with Crippen molar-refractivity contribution in [1.82, 2.24) is 0 Å². The van der Waals surface area contributed by atoms with E-state index in [1.165, 1.54) is 6.07 Å². The van der Waals surface area contributed by atoms with Gasteiger partial charge >= 0.3 is 0 Å². The first-order chi connectivity index (χ1) is 7.85. The Bertz CT molecular complexity index is 685. The highest BCUT2D eigenvalue weighted by atomic mass is 35.5. The predicted octanol–water partition coefficient (Wildman–Crippen LogP) is 2.31. The number of carbonyl (C=O) groups is 1. The highest BCUT2D eigenvalue weighted by Gasteiger charge is 2.17. The molecule has 6 heteroatoms. The number of Topliss-reactive ketones (excluding diaryl/α,β-unsaturated/α-hetero) is 1. The number of benzene rings is 1. The smallest absolute Gasteiger partial charge is 0.212 e. The summed E-state index contributed by atoms with van der Waals surface area (Å²) in [6, 6.07) is 6.42. The Morgan fingerprint density at radius 2 is 2.06 bits per heavy atom. The van der Waals surface area contributed by atoms with E-state index >= 15 is 0 Å². The van der Waals surface area contributed by atoms with E-state index in [2.05, 4.69) is 0 Å². The summed E-state index contributed by atoms with van der Waals surface area (Å²) in [5.41, 5.74) is 0.506. The lowest BCUT2D eigenvalue weighted by Crippen LogP contribution is -2.13. The molecule has 0 amide bonds. The van der Waals surface area contributed by atoms with E-state index in [0.717, 1.165) is 6.26 Å². The Balaban J connectivity index is 2.40. The molecule has 90 valence electrons. The van der Waals surface area contributed by atoms with E-state index in [1.807, 2.05) is 0 Å². The van der Waals surface area contributed by atoms with Crippen LogP contribution in [0.25, 0.3) is 11.0 Å². The second-order valence-corrected chi connectivity index (χ2v) is 6.36. The van der Waals surface area contributed by atoms with Gasteiger partial charge in [-0.05, 0) is 24.3 Å². The third-order valence-corrected chi connectivity index (χ3v) is 3.17. The molecule has 0 atom stereocenters. The fraction of sp³-hybridized carbons (Fsp3) is 0.182. The second-order valence-electron chi connectivity index (χ2n) is 3.79. The van der Waals surface area contributed by atoms with Gasteiger partial charge in [-0.1, -0.05) is 11.6 Å². The molecule has 0 N–H and O–H groups in total. The van der Waals surface area contributed by atoms with E-state index in [4.69, 9.17) is 16.0 Å². The minimum absolute atomic E-state index is 0.0349. The standard InChI is InChI=1S/C11H9ClO4S/c1-17(14,15)6-9(13)11-5-7-4-8(12)2-3-10(7)16-11/h2-5H,6H2,1H3. The number of sulfone groups is 1. The lowest BCUT2D eigenvalue weighted by Gasteiger charge is -1.93. The molecule has 2 aromatic rings. The minimum atomic E-state index is -3.35. The largest absolute Gasteiger partial charge is 0.453 e.